The van der Waals surface area contributed by atoms with Crippen LogP contribution in [0, 0.1) is 0 Å². The lowest BCUT2D eigenvalue weighted by molar-refractivity contribution is -0.142. The van der Waals surface area contributed by atoms with E-state index in [1.54, 1.807) is 6.92 Å². The predicted molar refractivity (Wildman–Crippen MR) is 64.6 cm³/mol. The zero-order valence-corrected chi connectivity index (χ0v) is 10.8. The van der Waals surface area contributed by atoms with Crippen LogP contribution in [0.15, 0.2) is 6.07 Å². The van der Waals surface area contributed by atoms with E-state index < -0.39 is 17.9 Å². The molecule has 7 heteroatoms. The summed E-state index contributed by atoms with van der Waals surface area (Å²) in [5.41, 5.74) is 0.169. The van der Waals surface area contributed by atoms with Gasteiger partial charge in [0.25, 0.3) is 5.91 Å². The molecule has 0 bridgehead atoms. The SMILES string of the molecule is CCC(C(=O)O)N(C)C(=O)c1cc(Cl)c(Cl)[nH]1. The third-order valence-electron chi connectivity index (χ3n) is 2.42. The van der Waals surface area contributed by atoms with Gasteiger partial charge in [-0.1, -0.05) is 30.1 Å². The van der Waals surface area contributed by atoms with Gasteiger partial charge in [-0.05, 0) is 12.5 Å². The van der Waals surface area contributed by atoms with Crippen LogP contribution < -0.4 is 0 Å². The van der Waals surface area contributed by atoms with E-state index in [0.29, 0.717) is 6.42 Å². The average molecular weight is 279 g/mol. The molecule has 0 saturated carbocycles. The fourth-order valence-electron chi connectivity index (χ4n) is 1.46. The number of nitrogens with zero attached hydrogens (tertiary/aromatic N) is 1. The lowest BCUT2D eigenvalue weighted by Crippen LogP contribution is -2.42. The lowest BCUT2D eigenvalue weighted by Gasteiger charge is -2.23. The summed E-state index contributed by atoms with van der Waals surface area (Å²) in [5.74, 6) is -1.51. The molecule has 1 unspecified atom stereocenters. The van der Waals surface area contributed by atoms with Gasteiger partial charge in [-0.15, -0.1) is 0 Å². The molecule has 0 radical (unpaired) electrons. The molecule has 0 aliphatic heterocycles. The number of aliphatic carboxylic acids is 1. The van der Waals surface area contributed by atoms with Gasteiger partial charge in [0.05, 0.1) is 5.02 Å². The van der Waals surface area contributed by atoms with Gasteiger partial charge < -0.3 is 15.0 Å². The lowest BCUT2D eigenvalue weighted by atomic mass is 10.2. The van der Waals surface area contributed by atoms with E-state index in [1.807, 2.05) is 0 Å². The third-order valence-corrected chi connectivity index (χ3v) is 3.11. The van der Waals surface area contributed by atoms with E-state index in [0.717, 1.165) is 4.90 Å². The molecule has 1 aromatic heterocycles. The Balaban J connectivity index is 2.93. The number of aromatic nitrogens is 1. The summed E-state index contributed by atoms with van der Waals surface area (Å²) in [4.78, 5) is 26.6. The Morgan fingerprint density at radius 3 is 2.47 bits per heavy atom. The van der Waals surface area contributed by atoms with Crippen LogP contribution in [0.1, 0.15) is 23.8 Å². The second-order valence-electron chi connectivity index (χ2n) is 3.52. The summed E-state index contributed by atoms with van der Waals surface area (Å²) >= 11 is 11.4. The van der Waals surface area contributed by atoms with Gasteiger partial charge in [-0.25, -0.2) is 4.79 Å². The highest BCUT2D eigenvalue weighted by atomic mass is 35.5. The van der Waals surface area contributed by atoms with Crippen LogP contribution in [0.3, 0.4) is 0 Å². The van der Waals surface area contributed by atoms with Crippen molar-refractivity contribution in [3.8, 4) is 0 Å². The molecule has 0 aliphatic rings. The Labute approximate surface area is 108 Å². The van der Waals surface area contributed by atoms with Gasteiger partial charge in [-0.3, -0.25) is 4.79 Å². The minimum Gasteiger partial charge on any atom is -0.480 e. The van der Waals surface area contributed by atoms with E-state index in [1.165, 1.54) is 13.1 Å². The Bertz CT molecular complexity index is 425. The molecule has 0 fully saturated rings. The summed E-state index contributed by atoms with van der Waals surface area (Å²) in [6.07, 6.45) is 0.319. The van der Waals surface area contributed by atoms with Crippen LogP contribution in [0.25, 0.3) is 0 Å². The number of hydrogen-bond acceptors (Lipinski definition) is 2. The number of carbonyl (C=O) groups is 2. The average Bonchev–Trinajstić information content (AvgIpc) is 2.58. The van der Waals surface area contributed by atoms with Crippen LogP contribution in [-0.4, -0.2) is 40.0 Å². The molecular formula is C10H12Cl2N2O3. The van der Waals surface area contributed by atoms with Gasteiger partial charge >= 0.3 is 5.97 Å². The third kappa shape index (κ3) is 2.92. The maximum atomic E-state index is 11.9. The van der Waals surface area contributed by atoms with Crippen molar-refractivity contribution in [1.82, 2.24) is 9.88 Å². The second kappa shape index (κ2) is 5.42. The van der Waals surface area contributed by atoms with Crippen molar-refractivity contribution in [3.63, 3.8) is 0 Å². The number of H-pyrrole nitrogens is 1. The quantitative estimate of drug-likeness (QED) is 0.887. The minimum absolute atomic E-state index is 0.159. The van der Waals surface area contributed by atoms with Gasteiger partial charge in [-0.2, -0.15) is 0 Å². The highest BCUT2D eigenvalue weighted by Gasteiger charge is 2.26. The normalized spacial score (nSPS) is 12.2. The predicted octanol–water partition coefficient (Wildman–Crippen LogP) is 2.26. The van der Waals surface area contributed by atoms with Crippen molar-refractivity contribution in [3.05, 3.63) is 21.9 Å². The first-order chi connectivity index (χ1) is 7.88. The zero-order chi connectivity index (χ0) is 13.2. The summed E-state index contributed by atoms with van der Waals surface area (Å²) < 4.78 is 0. The molecule has 1 amide bonds. The Hall–Kier alpha value is -1.20. The summed E-state index contributed by atoms with van der Waals surface area (Å²) in [5, 5.41) is 9.33. The largest absolute Gasteiger partial charge is 0.480 e. The van der Waals surface area contributed by atoms with E-state index in [2.05, 4.69) is 4.98 Å². The molecule has 0 aromatic carbocycles. The van der Waals surface area contributed by atoms with Gasteiger partial charge in [0.1, 0.15) is 16.9 Å². The van der Waals surface area contributed by atoms with E-state index in [9.17, 15) is 9.59 Å². The van der Waals surface area contributed by atoms with Gasteiger partial charge in [0.15, 0.2) is 0 Å². The van der Waals surface area contributed by atoms with Crippen LogP contribution in [0.5, 0.6) is 0 Å². The summed E-state index contributed by atoms with van der Waals surface area (Å²) in [7, 11) is 1.42. The first kappa shape index (κ1) is 13.9. The van der Waals surface area contributed by atoms with Crippen molar-refractivity contribution in [2.45, 2.75) is 19.4 Å². The Morgan fingerprint density at radius 2 is 2.12 bits per heavy atom. The molecule has 0 aliphatic carbocycles. The van der Waals surface area contributed by atoms with Crippen LogP contribution in [0.4, 0.5) is 0 Å². The molecular weight excluding hydrogens is 267 g/mol. The van der Waals surface area contributed by atoms with Gasteiger partial charge in [0, 0.05) is 7.05 Å². The zero-order valence-electron chi connectivity index (χ0n) is 9.33. The van der Waals surface area contributed by atoms with E-state index >= 15 is 0 Å². The number of rotatable bonds is 4. The number of carbonyl (C=O) groups excluding carboxylic acids is 1. The first-order valence-corrected chi connectivity index (χ1v) is 5.68. The number of aromatic amines is 1. The second-order valence-corrected chi connectivity index (χ2v) is 4.31. The van der Waals surface area contributed by atoms with Crippen molar-refractivity contribution in [1.29, 1.82) is 0 Å². The van der Waals surface area contributed by atoms with Crippen molar-refractivity contribution in [2.24, 2.45) is 0 Å². The number of nitrogens with one attached hydrogen (secondary N) is 1. The van der Waals surface area contributed by atoms with Crippen molar-refractivity contribution in [2.75, 3.05) is 7.05 Å². The molecule has 0 spiro atoms. The summed E-state index contributed by atoms with van der Waals surface area (Å²) in [6, 6.07) is 0.500. The minimum atomic E-state index is -1.05. The maximum absolute atomic E-state index is 11.9. The number of hydrogen-bond donors (Lipinski definition) is 2. The maximum Gasteiger partial charge on any atom is 0.326 e. The molecule has 94 valence electrons. The Kier molecular flexibility index (Phi) is 4.42. The van der Waals surface area contributed by atoms with E-state index in [4.69, 9.17) is 28.3 Å². The number of likely N-dealkylation sites (N-methyl/N-ethyl adjacent to an activating group) is 1. The van der Waals surface area contributed by atoms with Crippen molar-refractivity contribution >= 4 is 35.1 Å². The molecule has 1 atom stereocenters. The molecule has 5 nitrogen and oxygen atoms in total. The summed E-state index contributed by atoms with van der Waals surface area (Å²) in [6.45, 7) is 1.69. The first-order valence-electron chi connectivity index (χ1n) is 4.92. The molecule has 1 aromatic rings. The molecule has 1 heterocycles. The highest BCUT2D eigenvalue weighted by molar-refractivity contribution is 6.41. The number of carboxylic acids is 1. The molecule has 2 N–H and O–H groups in total. The van der Waals surface area contributed by atoms with Crippen LogP contribution in [-0.2, 0) is 4.79 Å². The van der Waals surface area contributed by atoms with E-state index in [-0.39, 0.29) is 15.9 Å². The fraction of sp³-hybridized carbons (Fsp3) is 0.400. The standard InChI is InChI=1S/C10H12Cl2N2O3/c1-3-7(10(16)17)14(2)9(15)6-4-5(11)8(12)13-6/h4,7,13H,3H2,1-2H3,(H,16,17). The number of carboxylic acid groups (broad SMARTS) is 1. The fourth-order valence-corrected chi connectivity index (χ4v) is 1.78. The topological polar surface area (TPSA) is 73.4 Å². The molecule has 0 saturated heterocycles. The van der Waals surface area contributed by atoms with Crippen LogP contribution in [0.2, 0.25) is 10.2 Å². The number of amides is 1. The van der Waals surface area contributed by atoms with Crippen LogP contribution >= 0.6 is 23.2 Å². The molecule has 17 heavy (non-hydrogen) atoms. The smallest absolute Gasteiger partial charge is 0.326 e. The highest BCUT2D eigenvalue weighted by Crippen LogP contribution is 2.23. The Morgan fingerprint density at radius 1 is 1.53 bits per heavy atom. The molecule has 1 rings (SSSR count). The number of halogens is 2. The van der Waals surface area contributed by atoms with Gasteiger partial charge in [0.2, 0.25) is 0 Å². The van der Waals surface area contributed by atoms with Crippen molar-refractivity contribution < 1.29 is 14.7 Å². The monoisotopic (exact) mass is 278 g/mol.